The first-order valence-electron chi connectivity index (χ1n) is 11.6. The minimum atomic E-state index is -3.95. The van der Waals surface area contributed by atoms with E-state index in [4.69, 9.17) is 4.74 Å². The Balaban J connectivity index is 1.38. The SMILES string of the molecule is COc1ccccc1C1(CNC(=O)C2CCN(S(=O)(=O)c3ccc(F)c(F)c3)CC2)CCCC1. The lowest BCUT2D eigenvalue weighted by atomic mass is 9.78. The molecule has 2 fully saturated rings. The van der Waals surface area contributed by atoms with Crippen LogP contribution in [0.2, 0.25) is 0 Å². The first-order chi connectivity index (χ1) is 16.3. The number of nitrogens with zero attached hydrogens (tertiary/aromatic N) is 1. The number of amides is 1. The van der Waals surface area contributed by atoms with Crippen molar-refractivity contribution < 1.29 is 26.7 Å². The van der Waals surface area contributed by atoms with E-state index in [1.807, 2.05) is 18.2 Å². The van der Waals surface area contributed by atoms with Crippen LogP contribution in [0.4, 0.5) is 8.78 Å². The Labute approximate surface area is 199 Å². The van der Waals surface area contributed by atoms with Crippen molar-refractivity contribution in [3.05, 3.63) is 59.7 Å². The lowest BCUT2D eigenvalue weighted by Gasteiger charge is -2.34. The molecule has 2 aromatic carbocycles. The van der Waals surface area contributed by atoms with Crippen LogP contribution in [0.5, 0.6) is 5.75 Å². The maximum absolute atomic E-state index is 13.5. The van der Waals surface area contributed by atoms with Gasteiger partial charge in [0.05, 0.1) is 12.0 Å². The summed E-state index contributed by atoms with van der Waals surface area (Å²) in [7, 11) is -2.29. The molecule has 1 aliphatic carbocycles. The van der Waals surface area contributed by atoms with Gasteiger partial charge in [-0.25, -0.2) is 17.2 Å². The summed E-state index contributed by atoms with van der Waals surface area (Å²) in [4.78, 5) is 12.7. The van der Waals surface area contributed by atoms with Gasteiger partial charge in [0.2, 0.25) is 15.9 Å². The van der Waals surface area contributed by atoms with E-state index < -0.39 is 21.7 Å². The molecule has 1 saturated heterocycles. The molecule has 2 aromatic rings. The molecule has 6 nitrogen and oxygen atoms in total. The van der Waals surface area contributed by atoms with E-state index in [1.54, 1.807) is 7.11 Å². The first-order valence-corrected chi connectivity index (χ1v) is 13.1. The number of sulfonamides is 1. The van der Waals surface area contributed by atoms with Gasteiger partial charge in [0, 0.05) is 36.5 Å². The Bertz CT molecular complexity index is 1140. The van der Waals surface area contributed by atoms with E-state index in [0.717, 1.165) is 49.1 Å². The second kappa shape index (κ2) is 10.00. The van der Waals surface area contributed by atoms with Crippen LogP contribution in [-0.4, -0.2) is 45.4 Å². The number of halogens is 2. The average Bonchev–Trinajstić information content (AvgIpc) is 3.34. The molecule has 1 saturated carbocycles. The number of para-hydroxylation sites is 1. The van der Waals surface area contributed by atoms with Crippen LogP contribution < -0.4 is 10.1 Å². The summed E-state index contributed by atoms with van der Waals surface area (Å²) in [5, 5.41) is 3.13. The Morgan fingerprint density at radius 1 is 1.09 bits per heavy atom. The highest BCUT2D eigenvalue weighted by atomic mass is 32.2. The molecular formula is C25H30F2N2O4S. The van der Waals surface area contributed by atoms with Crippen molar-refractivity contribution in [3.8, 4) is 5.75 Å². The fourth-order valence-electron chi connectivity index (χ4n) is 5.22. The van der Waals surface area contributed by atoms with E-state index in [2.05, 4.69) is 11.4 Å². The van der Waals surface area contributed by atoms with E-state index >= 15 is 0 Å². The third-order valence-corrected chi connectivity index (χ3v) is 9.09. The molecule has 0 bridgehead atoms. The Kier molecular flexibility index (Phi) is 7.23. The summed E-state index contributed by atoms with van der Waals surface area (Å²) in [6.07, 6.45) is 4.87. The number of methoxy groups -OCH3 is 1. The minimum absolute atomic E-state index is 0.0777. The first kappa shape index (κ1) is 24.6. The van der Waals surface area contributed by atoms with E-state index in [9.17, 15) is 22.0 Å². The van der Waals surface area contributed by atoms with Crippen molar-refractivity contribution in [1.29, 1.82) is 0 Å². The fourth-order valence-corrected chi connectivity index (χ4v) is 6.70. The molecule has 1 aliphatic heterocycles. The summed E-state index contributed by atoms with van der Waals surface area (Å²) in [5.41, 5.74) is 0.946. The molecule has 4 rings (SSSR count). The highest BCUT2D eigenvalue weighted by Gasteiger charge is 2.39. The van der Waals surface area contributed by atoms with Crippen LogP contribution in [0.25, 0.3) is 0 Å². The zero-order valence-electron chi connectivity index (χ0n) is 19.2. The zero-order valence-corrected chi connectivity index (χ0v) is 20.0. The van der Waals surface area contributed by atoms with Crippen LogP contribution in [0, 0.1) is 17.6 Å². The summed E-state index contributed by atoms with van der Waals surface area (Å²) in [6, 6.07) is 10.5. The number of ether oxygens (including phenoxy) is 1. The summed E-state index contributed by atoms with van der Waals surface area (Å²) < 4.78 is 59.2. The molecule has 0 aromatic heterocycles. The molecule has 1 N–H and O–H groups in total. The molecule has 2 aliphatic rings. The third-order valence-electron chi connectivity index (χ3n) is 7.19. The van der Waals surface area contributed by atoms with Crippen LogP contribution in [0.3, 0.4) is 0 Å². The van der Waals surface area contributed by atoms with Gasteiger partial charge in [0.15, 0.2) is 11.6 Å². The maximum atomic E-state index is 13.5. The van der Waals surface area contributed by atoms with Crippen LogP contribution in [-0.2, 0) is 20.2 Å². The molecule has 1 heterocycles. The smallest absolute Gasteiger partial charge is 0.243 e. The van der Waals surface area contributed by atoms with Crippen molar-refractivity contribution in [1.82, 2.24) is 9.62 Å². The van der Waals surface area contributed by atoms with Gasteiger partial charge in [-0.05, 0) is 49.9 Å². The lowest BCUT2D eigenvalue weighted by Crippen LogP contribution is -2.46. The monoisotopic (exact) mass is 492 g/mol. The molecule has 1 amide bonds. The average molecular weight is 493 g/mol. The normalized spacial score (nSPS) is 19.1. The number of carbonyl (C=O) groups excluding carboxylic acids is 1. The molecular weight excluding hydrogens is 462 g/mol. The van der Waals surface area contributed by atoms with E-state index in [-0.39, 0.29) is 35.2 Å². The predicted molar refractivity (Wildman–Crippen MR) is 124 cm³/mol. The summed E-state index contributed by atoms with van der Waals surface area (Å²) in [5.74, 6) is -1.85. The number of carbonyl (C=O) groups is 1. The van der Waals surface area contributed by atoms with Gasteiger partial charge >= 0.3 is 0 Å². The lowest BCUT2D eigenvalue weighted by molar-refractivity contribution is -0.126. The molecule has 9 heteroatoms. The van der Waals surface area contributed by atoms with Gasteiger partial charge in [0.25, 0.3) is 0 Å². The molecule has 0 atom stereocenters. The molecule has 0 spiro atoms. The largest absolute Gasteiger partial charge is 0.496 e. The molecule has 184 valence electrons. The quantitative estimate of drug-likeness (QED) is 0.634. The fraction of sp³-hybridized carbons (Fsp3) is 0.480. The Hall–Kier alpha value is -2.52. The second-order valence-electron chi connectivity index (χ2n) is 9.16. The highest BCUT2D eigenvalue weighted by molar-refractivity contribution is 7.89. The van der Waals surface area contributed by atoms with Gasteiger partial charge in [-0.1, -0.05) is 31.0 Å². The highest BCUT2D eigenvalue weighted by Crippen LogP contribution is 2.44. The second-order valence-corrected chi connectivity index (χ2v) is 11.1. The predicted octanol–water partition coefficient (Wildman–Crippen LogP) is 4.00. The van der Waals surface area contributed by atoms with E-state index in [0.29, 0.717) is 25.5 Å². The number of hydrogen-bond acceptors (Lipinski definition) is 4. The van der Waals surface area contributed by atoms with Gasteiger partial charge in [-0.3, -0.25) is 4.79 Å². The van der Waals surface area contributed by atoms with Gasteiger partial charge < -0.3 is 10.1 Å². The summed E-state index contributed by atoms with van der Waals surface area (Å²) >= 11 is 0. The molecule has 0 unspecified atom stereocenters. The Morgan fingerprint density at radius 3 is 2.41 bits per heavy atom. The van der Waals surface area contributed by atoms with E-state index in [1.165, 1.54) is 4.31 Å². The number of rotatable bonds is 7. The van der Waals surface area contributed by atoms with Crippen molar-refractivity contribution >= 4 is 15.9 Å². The number of nitrogens with one attached hydrogen (secondary N) is 1. The summed E-state index contributed by atoms with van der Waals surface area (Å²) in [6.45, 7) is 0.813. The van der Waals surface area contributed by atoms with Gasteiger partial charge in [0.1, 0.15) is 5.75 Å². The Morgan fingerprint density at radius 2 is 1.76 bits per heavy atom. The number of hydrogen-bond donors (Lipinski definition) is 1. The molecule has 34 heavy (non-hydrogen) atoms. The van der Waals surface area contributed by atoms with Gasteiger partial charge in [-0.2, -0.15) is 4.31 Å². The van der Waals surface area contributed by atoms with Gasteiger partial charge in [-0.15, -0.1) is 0 Å². The minimum Gasteiger partial charge on any atom is -0.496 e. The molecule has 0 radical (unpaired) electrons. The zero-order chi connectivity index (χ0) is 24.3. The number of benzene rings is 2. The van der Waals surface area contributed by atoms with Crippen LogP contribution in [0.1, 0.15) is 44.1 Å². The topological polar surface area (TPSA) is 75.7 Å². The van der Waals surface area contributed by atoms with Crippen LogP contribution in [0.15, 0.2) is 47.4 Å². The van der Waals surface area contributed by atoms with Crippen molar-refractivity contribution in [2.45, 2.75) is 48.8 Å². The maximum Gasteiger partial charge on any atom is 0.243 e. The number of piperidine rings is 1. The standard InChI is InChI=1S/C25H30F2N2O4S/c1-33-23-7-3-2-6-20(23)25(12-4-5-13-25)17-28-24(30)18-10-14-29(15-11-18)34(31,32)19-8-9-21(26)22(27)16-19/h2-3,6-9,16,18H,4-5,10-15,17H2,1H3,(H,28,30). The van der Waals surface area contributed by atoms with Crippen molar-refractivity contribution in [2.75, 3.05) is 26.7 Å². The van der Waals surface area contributed by atoms with Crippen molar-refractivity contribution in [2.24, 2.45) is 5.92 Å². The third kappa shape index (κ3) is 4.81. The van der Waals surface area contributed by atoms with Crippen LogP contribution >= 0.6 is 0 Å². The van der Waals surface area contributed by atoms with Crippen molar-refractivity contribution in [3.63, 3.8) is 0 Å².